The standard InChI is InChI=1S/C10H11BrO3S/c11-7-2-1-3-8(6-7)15(13,14)10-5-4-9(10)12/h1-3,6,9-10,12H,4-5H2. The average Bonchev–Trinajstić information content (AvgIpc) is 2.15. The van der Waals surface area contributed by atoms with Gasteiger partial charge < -0.3 is 5.11 Å². The van der Waals surface area contributed by atoms with Crippen molar-refractivity contribution < 1.29 is 13.5 Å². The minimum atomic E-state index is -3.35. The van der Waals surface area contributed by atoms with Gasteiger partial charge in [0.15, 0.2) is 9.84 Å². The zero-order chi connectivity index (χ0) is 11.1. The van der Waals surface area contributed by atoms with Crippen LogP contribution in [-0.4, -0.2) is 24.9 Å². The van der Waals surface area contributed by atoms with Crippen LogP contribution in [0.4, 0.5) is 0 Å². The maximum Gasteiger partial charge on any atom is 0.183 e. The van der Waals surface area contributed by atoms with Gasteiger partial charge in [-0.1, -0.05) is 22.0 Å². The van der Waals surface area contributed by atoms with E-state index >= 15 is 0 Å². The molecule has 0 radical (unpaired) electrons. The lowest BCUT2D eigenvalue weighted by atomic mass is 9.96. The number of sulfone groups is 1. The zero-order valence-electron chi connectivity index (χ0n) is 7.93. The monoisotopic (exact) mass is 290 g/mol. The van der Waals surface area contributed by atoms with Gasteiger partial charge in [0.2, 0.25) is 0 Å². The Labute approximate surface area is 97.2 Å². The summed E-state index contributed by atoms with van der Waals surface area (Å²) in [6.07, 6.45) is 0.433. The normalized spacial score (nSPS) is 26.0. The molecule has 0 saturated heterocycles. The summed E-state index contributed by atoms with van der Waals surface area (Å²) >= 11 is 3.23. The lowest BCUT2D eigenvalue weighted by molar-refractivity contribution is 0.0991. The van der Waals surface area contributed by atoms with Crippen molar-refractivity contribution in [3.05, 3.63) is 28.7 Å². The van der Waals surface area contributed by atoms with Gasteiger partial charge in [0.05, 0.1) is 16.2 Å². The summed E-state index contributed by atoms with van der Waals surface area (Å²) < 4.78 is 24.7. The molecule has 1 fully saturated rings. The molecular weight excluding hydrogens is 280 g/mol. The van der Waals surface area contributed by atoms with Crippen LogP contribution >= 0.6 is 15.9 Å². The highest BCUT2D eigenvalue weighted by Gasteiger charge is 2.40. The molecule has 2 unspecified atom stereocenters. The Morgan fingerprint density at radius 2 is 2.07 bits per heavy atom. The number of benzene rings is 1. The summed E-state index contributed by atoms with van der Waals surface area (Å²) in [6, 6.07) is 6.59. The smallest absolute Gasteiger partial charge is 0.183 e. The molecule has 0 spiro atoms. The van der Waals surface area contributed by atoms with E-state index < -0.39 is 21.2 Å². The van der Waals surface area contributed by atoms with Crippen LogP contribution in [0, 0.1) is 0 Å². The predicted molar refractivity (Wildman–Crippen MR) is 60.4 cm³/mol. The summed E-state index contributed by atoms with van der Waals surface area (Å²) in [5.41, 5.74) is 0. The van der Waals surface area contributed by atoms with Gasteiger partial charge in [0, 0.05) is 4.47 Å². The molecule has 1 aliphatic rings. The molecule has 2 atom stereocenters. The Bertz CT molecular complexity index is 469. The molecule has 1 N–H and O–H groups in total. The molecule has 1 aliphatic carbocycles. The van der Waals surface area contributed by atoms with Gasteiger partial charge in [-0.15, -0.1) is 0 Å². The van der Waals surface area contributed by atoms with Crippen molar-refractivity contribution in [2.24, 2.45) is 0 Å². The van der Waals surface area contributed by atoms with Gasteiger partial charge in [-0.05, 0) is 31.0 Å². The van der Waals surface area contributed by atoms with Gasteiger partial charge in [-0.25, -0.2) is 8.42 Å². The second-order valence-corrected chi connectivity index (χ2v) is 6.77. The molecule has 5 heteroatoms. The molecule has 0 amide bonds. The molecular formula is C10H11BrO3S. The van der Waals surface area contributed by atoms with Crippen LogP contribution in [0.1, 0.15) is 12.8 Å². The van der Waals surface area contributed by atoms with Crippen molar-refractivity contribution >= 4 is 25.8 Å². The average molecular weight is 291 g/mol. The summed E-state index contributed by atoms with van der Waals surface area (Å²) in [7, 11) is -3.35. The van der Waals surface area contributed by atoms with E-state index in [0.717, 1.165) is 4.47 Å². The van der Waals surface area contributed by atoms with Crippen molar-refractivity contribution in [3.63, 3.8) is 0 Å². The Hall–Kier alpha value is -0.390. The van der Waals surface area contributed by atoms with Crippen LogP contribution < -0.4 is 0 Å². The third-order valence-electron chi connectivity index (χ3n) is 2.70. The predicted octanol–water partition coefficient (Wildman–Crippen LogP) is 1.75. The SMILES string of the molecule is O=S(=O)(c1cccc(Br)c1)C1CCC1O. The molecule has 15 heavy (non-hydrogen) atoms. The molecule has 2 rings (SSSR count). The third kappa shape index (κ3) is 1.96. The maximum absolute atomic E-state index is 12.0. The van der Waals surface area contributed by atoms with E-state index in [4.69, 9.17) is 0 Å². The molecule has 0 aliphatic heterocycles. The van der Waals surface area contributed by atoms with Gasteiger partial charge in [0.1, 0.15) is 0 Å². The van der Waals surface area contributed by atoms with Crippen molar-refractivity contribution in [3.8, 4) is 0 Å². The maximum atomic E-state index is 12.0. The second-order valence-electron chi connectivity index (χ2n) is 3.69. The van der Waals surface area contributed by atoms with Gasteiger partial charge >= 0.3 is 0 Å². The van der Waals surface area contributed by atoms with Crippen LogP contribution in [0.25, 0.3) is 0 Å². The zero-order valence-corrected chi connectivity index (χ0v) is 10.3. The Balaban J connectivity index is 2.37. The fraction of sp³-hybridized carbons (Fsp3) is 0.400. The lowest BCUT2D eigenvalue weighted by Gasteiger charge is -2.31. The van der Waals surface area contributed by atoms with Crippen LogP contribution in [0.2, 0.25) is 0 Å². The van der Waals surface area contributed by atoms with Crippen molar-refractivity contribution in [1.29, 1.82) is 0 Å². The molecule has 0 heterocycles. The molecule has 1 aromatic carbocycles. The Morgan fingerprint density at radius 3 is 2.53 bits per heavy atom. The molecule has 0 aromatic heterocycles. The summed E-state index contributed by atoms with van der Waals surface area (Å²) in [5.74, 6) is 0. The highest BCUT2D eigenvalue weighted by Crippen LogP contribution is 2.32. The Morgan fingerprint density at radius 1 is 1.33 bits per heavy atom. The highest BCUT2D eigenvalue weighted by molar-refractivity contribution is 9.10. The molecule has 3 nitrogen and oxygen atoms in total. The van der Waals surface area contributed by atoms with Crippen LogP contribution in [-0.2, 0) is 9.84 Å². The van der Waals surface area contributed by atoms with Crippen molar-refractivity contribution in [2.45, 2.75) is 29.1 Å². The number of hydrogen-bond acceptors (Lipinski definition) is 3. The quantitative estimate of drug-likeness (QED) is 0.903. The van der Waals surface area contributed by atoms with Crippen LogP contribution in [0.5, 0.6) is 0 Å². The number of hydrogen-bond donors (Lipinski definition) is 1. The van der Waals surface area contributed by atoms with Crippen LogP contribution in [0.3, 0.4) is 0 Å². The second kappa shape index (κ2) is 3.88. The number of rotatable bonds is 2. The van der Waals surface area contributed by atoms with E-state index in [-0.39, 0.29) is 4.90 Å². The van der Waals surface area contributed by atoms with E-state index in [1.807, 2.05) is 0 Å². The molecule has 1 saturated carbocycles. The van der Waals surface area contributed by atoms with E-state index in [9.17, 15) is 13.5 Å². The van der Waals surface area contributed by atoms with E-state index in [1.54, 1.807) is 24.3 Å². The number of aliphatic hydroxyl groups excluding tert-OH is 1. The van der Waals surface area contributed by atoms with E-state index in [1.165, 1.54) is 0 Å². The van der Waals surface area contributed by atoms with Crippen molar-refractivity contribution in [2.75, 3.05) is 0 Å². The fourth-order valence-corrected chi connectivity index (χ4v) is 4.09. The molecule has 1 aromatic rings. The first-order valence-electron chi connectivity index (χ1n) is 4.69. The largest absolute Gasteiger partial charge is 0.392 e. The minimum Gasteiger partial charge on any atom is -0.392 e. The van der Waals surface area contributed by atoms with Crippen LogP contribution in [0.15, 0.2) is 33.6 Å². The van der Waals surface area contributed by atoms with Gasteiger partial charge in [0.25, 0.3) is 0 Å². The van der Waals surface area contributed by atoms with Crippen molar-refractivity contribution in [1.82, 2.24) is 0 Å². The highest BCUT2D eigenvalue weighted by atomic mass is 79.9. The first kappa shape index (κ1) is 11.1. The number of aliphatic hydroxyl groups is 1. The Kier molecular flexibility index (Phi) is 2.87. The summed E-state index contributed by atoms with van der Waals surface area (Å²) in [4.78, 5) is 0.278. The fourth-order valence-electron chi connectivity index (χ4n) is 1.63. The third-order valence-corrected chi connectivity index (χ3v) is 5.45. The topological polar surface area (TPSA) is 54.4 Å². The van der Waals surface area contributed by atoms with E-state index in [0.29, 0.717) is 12.8 Å². The van der Waals surface area contributed by atoms with Gasteiger partial charge in [-0.2, -0.15) is 0 Å². The van der Waals surface area contributed by atoms with Gasteiger partial charge in [-0.3, -0.25) is 0 Å². The summed E-state index contributed by atoms with van der Waals surface area (Å²) in [5, 5.41) is 8.76. The summed E-state index contributed by atoms with van der Waals surface area (Å²) in [6.45, 7) is 0. The first-order chi connectivity index (χ1) is 7.01. The minimum absolute atomic E-state index is 0.278. The number of halogens is 1. The molecule has 0 bridgehead atoms. The van der Waals surface area contributed by atoms with E-state index in [2.05, 4.69) is 15.9 Å². The molecule has 82 valence electrons. The first-order valence-corrected chi connectivity index (χ1v) is 7.03. The lowest BCUT2D eigenvalue weighted by Crippen LogP contribution is -2.42.